The molecule has 0 aliphatic rings. The summed E-state index contributed by atoms with van der Waals surface area (Å²) < 4.78 is 5.13. The van der Waals surface area contributed by atoms with Crippen molar-refractivity contribution < 1.29 is 9.84 Å². The van der Waals surface area contributed by atoms with Crippen molar-refractivity contribution in [1.82, 2.24) is 5.01 Å². The van der Waals surface area contributed by atoms with Gasteiger partial charge in [-0.3, -0.25) is 5.84 Å². The number of benzene rings is 2. The van der Waals surface area contributed by atoms with Crippen LogP contribution in [0.25, 0.3) is 0 Å². The van der Waals surface area contributed by atoms with Crippen LogP contribution >= 0.6 is 37.2 Å². The lowest BCUT2D eigenvalue weighted by Crippen LogP contribution is -2.46. The standard InChI is InChI=1S/C18H25N3O2.3ClH/c1-23-16-9-7-15(8-10-16)12-21(20)13-18(22)17(19)11-14-5-3-2-4-6-14;;;/h2-10,17-18,22H,11-13,19-20H2,1H3;3*1H/t17-,18-;;;/m0.../s1. The van der Waals surface area contributed by atoms with Gasteiger partial charge in [0.2, 0.25) is 0 Å². The zero-order valence-corrected chi connectivity index (χ0v) is 17.1. The molecule has 0 bridgehead atoms. The molecule has 0 saturated carbocycles. The molecule has 8 heteroatoms. The highest BCUT2D eigenvalue weighted by Crippen LogP contribution is 2.12. The summed E-state index contributed by atoms with van der Waals surface area (Å²) in [5, 5.41) is 11.8. The second-order valence-electron chi connectivity index (χ2n) is 5.70. The average molecular weight is 425 g/mol. The van der Waals surface area contributed by atoms with Crippen molar-refractivity contribution in [1.29, 1.82) is 0 Å². The summed E-state index contributed by atoms with van der Waals surface area (Å²) in [4.78, 5) is 0. The summed E-state index contributed by atoms with van der Waals surface area (Å²) in [5.41, 5.74) is 8.24. The van der Waals surface area contributed by atoms with Crippen LogP contribution in [0.2, 0.25) is 0 Å². The third-order valence-electron chi connectivity index (χ3n) is 3.77. The highest BCUT2D eigenvalue weighted by molar-refractivity contribution is 5.86. The second kappa shape index (κ2) is 14.1. The number of nitrogens with zero attached hydrogens (tertiary/aromatic N) is 1. The van der Waals surface area contributed by atoms with Gasteiger partial charge >= 0.3 is 0 Å². The molecule has 5 N–H and O–H groups in total. The fourth-order valence-corrected chi connectivity index (χ4v) is 2.43. The molecule has 26 heavy (non-hydrogen) atoms. The number of nitrogens with two attached hydrogens (primary N) is 2. The normalized spacial score (nSPS) is 12.2. The van der Waals surface area contributed by atoms with Gasteiger partial charge in [0.05, 0.1) is 13.2 Å². The first-order chi connectivity index (χ1) is 11.1. The fourth-order valence-electron chi connectivity index (χ4n) is 2.43. The van der Waals surface area contributed by atoms with Gasteiger partial charge in [-0.25, -0.2) is 5.01 Å². The van der Waals surface area contributed by atoms with Crippen LogP contribution in [-0.4, -0.2) is 35.9 Å². The van der Waals surface area contributed by atoms with E-state index in [2.05, 4.69) is 0 Å². The van der Waals surface area contributed by atoms with Crippen molar-refractivity contribution in [3.8, 4) is 5.75 Å². The van der Waals surface area contributed by atoms with Crippen molar-refractivity contribution in [2.75, 3.05) is 13.7 Å². The second-order valence-corrected chi connectivity index (χ2v) is 5.70. The van der Waals surface area contributed by atoms with Gasteiger partial charge in [-0.2, -0.15) is 0 Å². The van der Waals surface area contributed by atoms with Gasteiger partial charge in [-0.1, -0.05) is 42.5 Å². The van der Waals surface area contributed by atoms with Crippen LogP contribution < -0.4 is 16.3 Å². The lowest BCUT2D eigenvalue weighted by atomic mass is 10.0. The number of hydrazine groups is 1. The quantitative estimate of drug-likeness (QED) is 0.448. The van der Waals surface area contributed by atoms with Crippen molar-refractivity contribution in [2.24, 2.45) is 11.6 Å². The van der Waals surface area contributed by atoms with Gasteiger partial charge in [0, 0.05) is 19.1 Å². The van der Waals surface area contributed by atoms with Crippen LogP contribution in [0, 0.1) is 0 Å². The summed E-state index contributed by atoms with van der Waals surface area (Å²) in [5.74, 6) is 6.80. The van der Waals surface area contributed by atoms with Crippen LogP contribution in [0.1, 0.15) is 11.1 Å². The highest BCUT2D eigenvalue weighted by Gasteiger charge is 2.17. The number of aliphatic hydroxyl groups excluding tert-OH is 1. The molecule has 0 amide bonds. The third kappa shape index (κ3) is 9.05. The number of ether oxygens (including phenoxy) is 1. The molecule has 2 aromatic rings. The van der Waals surface area contributed by atoms with E-state index in [1.165, 1.54) is 0 Å². The van der Waals surface area contributed by atoms with Gasteiger partial charge in [0.15, 0.2) is 0 Å². The molecule has 0 spiro atoms. The van der Waals surface area contributed by atoms with Crippen LogP contribution in [0.4, 0.5) is 0 Å². The molecule has 0 fully saturated rings. The Balaban J connectivity index is 0. The molecule has 2 rings (SSSR count). The lowest BCUT2D eigenvalue weighted by molar-refractivity contribution is 0.0877. The molecule has 2 atom stereocenters. The predicted molar refractivity (Wildman–Crippen MR) is 113 cm³/mol. The molecule has 5 nitrogen and oxygen atoms in total. The molecule has 0 heterocycles. The summed E-state index contributed by atoms with van der Waals surface area (Å²) >= 11 is 0. The Labute approximate surface area is 173 Å². The maximum atomic E-state index is 10.2. The van der Waals surface area contributed by atoms with Crippen molar-refractivity contribution in [2.45, 2.75) is 25.1 Å². The molecule has 2 aromatic carbocycles. The topological polar surface area (TPSA) is 84.7 Å². The van der Waals surface area contributed by atoms with Gasteiger partial charge < -0.3 is 15.6 Å². The molecule has 0 aliphatic carbocycles. The van der Waals surface area contributed by atoms with Crippen molar-refractivity contribution in [3.05, 3.63) is 65.7 Å². The Bertz CT molecular complexity index is 588. The maximum absolute atomic E-state index is 10.2. The molecule has 0 saturated heterocycles. The summed E-state index contributed by atoms with van der Waals surface area (Å²) in [6.45, 7) is 0.860. The van der Waals surface area contributed by atoms with E-state index in [0.717, 1.165) is 16.9 Å². The number of hydrogen-bond donors (Lipinski definition) is 3. The van der Waals surface area contributed by atoms with Crippen LogP contribution in [0.5, 0.6) is 5.75 Å². The Kier molecular flexibility index (Phi) is 14.7. The zero-order chi connectivity index (χ0) is 16.7. The number of hydrogen-bond acceptors (Lipinski definition) is 5. The lowest BCUT2D eigenvalue weighted by Gasteiger charge is -2.24. The van der Waals surface area contributed by atoms with Gasteiger partial charge in [0.1, 0.15) is 5.75 Å². The summed E-state index contributed by atoms with van der Waals surface area (Å²) in [7, 11) is 1.63. The molecular weight excluding hydrogens is 397 g/mol. The van der Waals surface area contributed by atoms with E-state index in [-0.39, 0.29) is 43.3 Å². The van der Waals surface area contributed by atoms with E-state index in [1.807, 2.05) is 54.6 Å². The molecular formula is C18H28Cl3N3O2. The summed E-state index contributed by atoms with van der Waals surface area (Å²) in [6, 6.07) is 17.2. The first kappa shape index (κ1) is 27.2. The van der Waals surface area contributed by atoms with Gasteiger partial charge in [-0.05, 0) is 29.7 Å². The van der Waals surface area contributed by atoms with Crippen molar-refractivity contribution in [3.63, 3.8) is 0 Å². The SMILES string of the molecule is COc1ccc(CN(N)C[C@H](O)[C@@H](N)Cc2ccccc2)cc1.Cl.Cl.Cl. The number of halogens is 3. The Morgan fingerprint density at radius 3 is 2.08 bits per heavy atom. The molecule has 0 radical (unpaired) electrons. The minimum atomic E-state index is -0.682. The number of rotatable bonds is 8. The van der Waals surface area contributed by atoms with E-state index in [4.69, 9.17) is 16.3 Å². The Morgan fingerprint density at radius 2 is 1.54 bits per heavy atom. The summed E-state index contributed by atoms with van der Waals surface area (Å²) in [6.07, 6.45) is -0.0586. The molecule has 0 aromatic heterocycles. The Morgan fingerprint density at radius 1 is 0.962 bits per heavy atom. The monoisotopic (exact) mass is 423 g/mol. The first-order valence-electron chi connectivity index (χ1n) is 7.68. The smallest absolute Gasteiger partial charge is 0.118 e. The van der Waals surface area contributed by atoms with E-state index in [1.54, 1.807) is 12.1 Å². The minimum Gasteiger partial charge on any atom is -0.497 e. The molecule has 0 aliphatic heterocycles. The first-order valence-corrected chi connectivity index (χ1v) is 7.68. The van der Waals surface area contributed by atoms with Crippen molar-refractivity contribution >= 4 is 37.2 Å². The van der Waals surface area contributed by atoms with E-state index in [0.29, 0.717) is 19.5 Å². The average Bonchev–Trinajstić information content (AvgIpc) is 2.56. The highest BCUT2D eigenvalue weighted by atomic mass is 35.5. The largest absolute Gasteiger partial charge is 0.497 e. The van der Waals surface area contributed by atoms with E-state index in [9.17, 15) is 5.11 Å². The maximum Gasteiger partial charge on any atom is 0.118 e. The predicted octanol–water partition coefficient (Wildman–Crippen LogP) is 2.57. The minimum absolute atomic E-state index is 0. The molecule has 148 valence electrons. The molecule has 0 unspecified atom stereocenters. The van der Waals surface area contributed by atoms with Crippen LogP contribution in [0.15, 0.2) is 54.6 Å². The fraction of sp³-hybridized carbons (Fsp3) is 0.333. The number of methoxy groups -OCH3 is 1. The Hall–Kier alpha value is -1.05. The third-order valence-corrected chi connectivity index (χ3v) is 3.77. The van der Waals surface area contributed by atoms with Gasteiger partial charge in [-0.15, -0.1) is 37.2 Å². The van der Waals surface area contributed by atoms with Crippen LogP contribution in [0.3, 0.4) is 0 Å². The van der Waals surface area contributed by atoms with Crippen LogP contribution in [-0.2, 0) is 13.0 Å². The van der Waals surface area contributed by atoms with E-state index < -0.39 is 6.10 Å². The zero-order valence-electron chi connectivity index (χ0n) is 14.7. The number of aliphatic hydroxyl groups is 1. The van der Waals surface area contributed by atoms with Gasteiger partial charge in [0.25, 0.3) is 0 Å². The van der Waals surface area contributed by atoms with E-state index >= 15 is 0 Å².